The molecular formula is C26H28ClN5O3S. The zero-order chi connectivity index (χ0) is 26.0. The Bertz CT molecular complexity index is 1300. The molecule has 1 aliphatic rings. The molecule has 10 heteroatoms. The Labute approximate surface area is 218 Å². The maximum Gasteiger partial charge on any atom is 0.273 e. The summed E-state index contributed by atoms with van der Waals surface area (Å²) >= 11 is 6.92. The third-order valence-corrected chi connectivity index (χ3v) is 7.48. The summed E-state index contributed by atoms with van der Waals surface area (Å²) in [7, 11) is 0. The Morgan fingerprint density at radius 1 is 1.11 bits per heavy atom. The van der Waals surface area contributed by atoms with Crippen molar-refractivity contribution in [1.29, 1.82) is 0 Å². The van der Waals surface area contributed by atoms with E-state index in [-0.39, 0.29) is 28.2 Å². The first-order valence-electron chi connectivity index (χ1n) is 11.7. The Hall–Kier alpha value is -3.43. The molecule has 3 amide bonds. The number of nitrogens with one attached hydrogen (secondary N) is 1. The van der Waals surface area contributed by atoms with Crippen molar-refractivity contribution >= 4 is 52.2 Å². The first kappa shape index (κ1) is 25.7. The highest BCUT2D eigenvalue weighted by atomic mass is 35.5. The van der Waals surface area contributed by atoms with Crippen molar-refractivity contribution < 1.29 is 14.4 Å². The minimum atomic E-state index is -1.02. The van der Waals surface area contributed by atoms with E-state index in [1.54, 1.807) is 30.3 Å². The van der Waals surface area contributed by atoms with Gasteiger partial charge in [0.15, 0.2) is 5.69 Å². The molecule has 0 aliphatic heterocycles. The first-order valence-corrected chi connectivity index (χ1v) is 12.8. The van der Waals surface area contributed by atoms with E-state index in [1.165, 1.54) is 4.90 Å². The number of halogens is 1. The topological polar surface area (TPSA) is 131 Å². The van der Waals surface area contributed by atoms with Crippen LogP contribution in [0, 0.1) is 13.8 Å². The van der Waals surface area contributed by atoms with Crippen molar-refractivity contribution in [3.8, 4) is 0 Å². The van der Waals surface area contributed by atoms with E-state index < -0.39 is 17.9 Å². The number of anilines is 2. The van der Waals surface area contributed by atoms with Crippen molar-refractivity contribution in [2.45, 2.75) is 51.6 Å². The minimum absolute atomic E-state index is 0.0383. The molecule has 0 saturated heterocycles. The van der Waals surface area contributed by atoms with Gasteiger partial charge >= 0.3 is 0 Å². The number of carbonyl (C=O) groups is 3. The standard InChI is InChI=1S/C26H28ClN5O3S/c1-14-7-12-19(15(2)13-14)32(26(35)23-20(28)21(24(29)33)31-36-23)22(16-8-10-17(27)11-9-16)25(34)30-18-5-3-4-6-18/h7-13,18,22H,3-6,28H2,1-2H3,(H2,29,33)(H,30,34). The van der Waals surface area contributed by atoms with Gasteiger partial charge < -0.3 is 16.8 Å². The number of aryl methyl sites for hydroxylation is 2. The lowest BCUT2D eigenvalue weighted by Crippen LogP contribution is -2.46. The molecule has 4 rings (SSSR count). The van der Waals surface area contributed by atoms with Crippen LogP contribution in [-0.4, -0.2) is 28.1 Å². The summed E-state index contributed by atoms with van der Waals surface area (Å²) in [5.74, 6) is -1.68. The van der Waals surface area contributed by atoms with Crippen LogP contribution in [0.5, 0.6) is 0 Å². The van der Waals surface area contributed by atoms with E-state index in [1.807, 2.05) is 26.0 Å². The second kappa shape index (κ2) is 10.7. The number of carbonyl (C=O) groups excluding carboxylic acids is 3. The third kappa shape index (κ3) is 5.22. The average molecular weight is 526 g/mol. The molecule has 2 aromatic carbocycles. The SMILES string of the molecule is Cc1ccc(N(C(=O)c2snc(C(N)=O)c2N)C(C(=O)NC2CCCC2)c2ccc(Cl)cc2)c(C)c1. The first-order chi connectivity index (χ1) is 17.2. The smallest absolute Gasteiger partial charge is 0.273 e. The van der Waals surface area contributed by atoms with Gasteiger partial charge in [0.05, 0.1) is 5.69 Å². The van der Waals surface area contributed by atoms with Gasteiger partial charge in [0.1, 0.15) is 10.9 Å². The fraction of sp³-hybridized carbons (Fsp3) is 0.308. The molecular weight excluding hydrogens is 498 g/mol. The lowest BCUT2D eigenvalue weighted by Gasteiger charge is -2.33. The molecule has 0 bridgehead atoms. The molecule has 1 heterocycles. The van der Waals surface area contributed by atoms with Crippen molar-refractivity contribution in [1.82, 2.24) is 9.69 Å². The van der Waals surface area contributed by atoms with E-state index >= 15 is 0 Å². The number of nitrogens with zero attached hydrogens (tertiary/aromatic N) is 2. The Kier molecular flexibility index (Phi) is 7.61. The van der Waals surface area contributed by atoms with Crippen LogP contribution in [0.15, 0.2) is 42.5 Å². The van der Waals surface area contributed by atoms with Crippen LogP contribution >= 0.6 is 23.1 Å². The molecule has 1 fully saturated rings. The minimum Gasteiger partial charge on any atom is -0.395 e. The summed E-state index contributed by atoms with van der Waals surface area (Å²) in [6, 6.07) is 11.5. The van der Waals surface area contributed by atoms with Crippen molar-refractivity contribution in [2.75, 3.05) is 10.6 Å². The number of hydrogen-bond donors (Lipinski definition) is 3. The molecule has 1 aromatic heterocycles. The number of primary amides is 1. The fourth-order valence-electron chi connectivity index (χ4n) is 4.59. The van der Waals surface area contributed by atoms with Gasteiger partial charge in [-0.15, -0.1) is 0 Å². The van der Waals surface area contributed by atoms with Gasteiger partial charge in [-0.2, -0.15) is 4.37 Å². The Morgan fingerprint density at radius 2 is 1.78 bits per heavy atom. The number of amides is 3. The predicted molar refractivity (Wildman–Crippen MR) is 142 cm³/mol. The number of aromatic nitrogens is 1. The summed E-state index contributed by atoms with van der Waals surface area (Å²) < 4.78 is 4.00. The summed E-state index contributed by atoms with van der Waals surface area (Å²) in [6.45, 7) is 3.83. The Morgan fingerprint density at radius 3 is 2.36 bits per heavy atom. The summed E-state index contributed by atoms with van der Waals surface area (Å²) in [5, 5.41) is 3.64. The van der Waals surface area contributed by atoms with E-state index in [2.05, 4.69) is 9.69 Å². The second-order valence-electron chi connectivity index (χ2n) is 9.05. The monoisotopic (exact) mass is 525 g/mol. The van der Waals surface area contributed by atoms with Gasteiger partial charge in [-0.05, 0) is 67.5 Å². The number of rotatable bonds is 7. The maximum absolute atomic E-state index is 14.1. The number of nitrogen functional groups attached to an aromatic ring is 1. The van der Waals surface area contributed by atoms with Crippen molar-refractivity contribution in [2.24, 2.45) is 5.73 Å². The largest absolute Gasteiger partial charge is 0.395 e. The van der Waals surface area contributed by atoms with Gasteiger partial charge in [-0.3, -0.25) is 19.3 Å². The maximum atomic E-state index is 14.1. The lowest BCUT2D eigenvalue weighted by molar-refractivity contribution is -0.123. The van der Waals surface area contributed by atoms with Crippen LogP contribution in [0.3, 0.4) is 0 Å². The lowest BCUT2D eigenvalue weighted by atomic mass is 10.00. The van der Waals surface area contributed by atoms with E-state index in [0.717, 1.165) is 48.3 Å². The van der Waals surface area contributed by atoms with E-state index in [9.17, 15) is 14.4 Å². The highest BCUT2D eigenvalue weighted by molar-refractivity contribution is 7.09. The molecule has 36 heavy (non-hydrogen) atoms. The van der Waals surface area contributed by atoms with Gasteiger partial charge in [-0.25, -0.2) is 0 Å². The molecule has 8 nitrogen and oxygen atoms in total. The van der Waals surface area contributed by atoms with Crippen LogP contribution in [0.25, 0.3) is 0 Å². The molecule has 1 saturated carbocycles. The highest BCUT2D eigenvalue weighted by Crippen LogP contribution is 2.36. The molecule has 0 spiro atoms. The third-order valence-electron chi connectivity index (χ3n) is 6.38. The van der Waals surface area contributed by atoms with Gasteiger partial charge in [0.25, 0.3) is 11.8 Å². The van der Waals surface area contributed by atoms with Crippen LogP contribution in [-0.2, 0) is 4.79 Å². The molecule has 1 unspecified atom stereocenters. The number of nitrogens with two attached hydrogens (primary N) is 2. The van der Waals surface area contributed by atoms with Crippen molar-refractivity contribution in [3.63, 3.8) is 0 Å². The molecule has 0 radical (unpaired) electrons. The molecule has 3 aromatic rings. The van der Waals surface area contributed by atoms with E-state index in [0.29, 0.717) is 16.3 Å². The molecule has 1 aliphatic carbocycles. The van der Waals surface area contributed by atoms with Gasteiger partial charge in [0.2, 0.25) is 5.91 Å². The zero-order valence-corrected chi connectivity index (χ0v) is 21.7. The quantitative estimate of drug-likeness (QED) is 0.416. The van der Waals surface area contributed by atoms with Crippen LogP contribution in [0.4, 0.5) is 11.4 Å². The fourth-order valence-corrected chi connectivity index (χ4v) is 5.46. The van der Waals surface area contributed by atoms with Crippen LogP contribution in [0.2, 0.25) is 5.02 Å². The van der Waals surface area contributed by atoms with Gasteiger partial charge in [0, 0.05) is 16.8 Å². The predicted octanol–water partition coefficient (Wildman–Crippen LogP) is 4.54. The van der Waals surface area contributed by atoms with Gasteiger partial charge in [-0.1, -0.05) is 54.3 Å². The second-order valence-corrected chi connectivity index (χ2v) is 10.3. The normalized spacial score (nSPS) is 14.4. The highest BCUT2D eigenvalue weighted by Gasteiger charge is 2.37. The van der Waals surface area contributed by atoms with Crippen LogP contribution in [0.1, 0.15) is 68.6 Å². The number of hydrogen-bond acceptors (Lipinski definition) is 6. The summed E-state index contributed by atoms with van der Waals surface area (Å²) in [4.78, 5) is 41.2. The van der Waals surface area contributed by atoms with Crippen LogP contribution < -0.4 is 21.7 Å². The summed E-state index contributed by atoms with van der Waals surface area (Å²) in [5.41, 5.74) is 14.2. The van der Waals surface area contributed by atoms with Crippen molar-refractivity contribution in [3.05, 3.63) is 74.7 Å². The molecule has 1 atom stereocenters. The Balaban J connectivity index is 1.88. The zero-order valence-electron chi connectivity index (χ0n) is 20.1. The van der Waals surface area contributed by atoms with E-state index in [4.69, 9.17) is 23.1 Å². The molecule has 5 N–H and O–H groups in total. The number of benzene rings is 2. The average Bonchev–Trinajstić information content (AvgIpc) is 3.48. The summed E-state index contributed by atoms with van der Waals surface area (Å²) in [6.07, 6.45) is 3.87. The molecule has 188 valence electrons.